The molecule has 0 radical (unpaired) electrons. The summed E-state index contributed by atoms with van der Waals surface area (Å²) in [7, 11) is 3.80. The fourth-order valence-corrected chi connectivity index (χ4v) is 3.86. The summed E-state index contributed by atoms with van der Waals surface area (Å²) in [4.78, 5) is 2.29. The number of likely N-dealkylation sites (N-methyl/N-ethyl adjacent to an activating group) is 1. The van der Waals surface area contributed by atoms with Crippen LogP contribution in [0.15, 0.2) is 23.8 Å². The van der Waals surface area contributed by atoms with E-state index in [1.807, 2.05) is 12.1 Å². The third-order valence-corrected chi connectivity index (χ3v) is 4.59. The van der Waals surface area contributed by atoms with Crippen molar-refractivity contribution in [3.05, 3.63) is 34.9 Å². The molecule has 0 saturated carbocycles. The molecule has 4 rings (SSSR count). The number of hydrogen-bond donors (Lipinski definition) is 1. The quantitative estimate of drug-likeness (QED) is 0.790. The Hall–Kier alpha value is -1.52. The monoisotopic (exact) mass is 273 g/mol. The van der Waals surface area contributed by atoms with E-state index in [2.05, 4.69) is 18.0 Å². The van der Waals surface area contributed by atoms with Gasteiger partial charge in [0, 0.05) is 31.0 Å². The van der Waals surface area contributed by atoms with Crippen molar-refractivity contribution in [3.63, 3.8) is 0 Å². The number of benzene rings is 1. The Balaban J connectivity index is 1.94. The van der Waals surface area contributed by atoms with E-state index in [0.29, 0.717) is 6.42 Å². The Kier molecular flexibility index (Phi) is 2.59. The molecule has 0 spiro atoms. The summed E-state index contributed by atoms with van der Waals surface area (Å²) in [6.07, 6.45) is 2.32. The highest BCUT2D eigenvalue weighted by molar-refractivity contribution is 5.59. The molecule has 3 aliphatic rings. The minimum Gasteiger partial charge on any atom is -0.493 e. The molecule has 106 valence electrons. The predicted octanol–water partition coefficient (Wildman–Crippen LogP) is 1.68. The lowest BCUT2D eigenvalue weighted by atomic mass is 9.80. The van der Waals surface area contributed by atoms with Crippen molar-refractivity contribution in [2.75, 3.05) is 20.7 Å². The van der Waals surface area contributed by atoms with Crippen LogP contribution in [-0.4, -0.2) is 42.9 Å². The van der Waals surface area contributed by atoms with Gasteiger partial charge in [0.25, 0.3) is 0 Å². The van der Waals surface area contributed by atoms with E-state index in [9.17, 15) is 5.11 Å². The van der Waals surface area contributed by atoms with Gasteiger partial charge < -0.3 is 14.6 Å². The van der Waals surface area contributed by atoms with Gasteiger partial charge in [-0.25, -0.2) is 0 Å². The summed E-state index contributed by atoms with van der Waals surface area (Å²) < 4.78 is 11.6. The van der Waals surface area contributed by atoms with Crippen LogP contribution in [0.2, 0.25) is 0 Å². The molecule has 3 atom stereocenters. The smallest absolute Gasteiger partial charge is 0.165 e. The summed E-state index contributed by atoms with van der Waals surface area (Å²) in [5.41, 5.74) is 3.87. The summed E-state index contributed by atoms with van der Waals surface area (Å²) in [5.74, 6) is 1.97. The van der Waals surface area contributed by atoms with Crippen molar-refractivity contribution in [3.8, 4) is 11.5 Å². The molecular formula is C16H19NO3. The molecule has 0 saturated heterocycles. The third-order valence-electron chi connectivity index (χ3n) is 4.59. The summed E-state index contributed by atoms with van der Waals surface area (Å²) in [6.45, 7) is 1.80. The number of rotatable bonds is 1. The Labute approximate surface area is 118 Å². The number of methoxy groups -OCH3 is 1. The summed E-state index contributed by atoms with van der Waals surface area (Å²) in [6, 6.07) is 4.14. The van der Waals surface area contributed by atoms with Crippen molar-refractivity contribution >= 4 is 0 Å². The van der Waals surface area contributed by atoms with Gasteiger partial charge in [-0.15, -0.1) is 0 Å². The van der Waals surface area contributed by atoms with E-state index in [4.69, 9.17) is 9.47 Å². The number of ether oxygens (including phenoxy) is 2. The maximum atomic E-state index is 10.1. The van der Waals surface area contributed by atoms with Crippen LogP contribution in [0.5, 0.6) is 11.5 Å². The number of nitrogens with zero attached hydrogens (tertiary/aromatic N) is 1. The highest BCUT2D eigenvalue weighted by Gasteiger charge is 2.44. The molecule has 1 aromatic rings. The highest BCUT2D eigenvalue weighted by atomic mass is 16.5. The Morgan fingerprint density at radius 2 is 2.20 bits per heavy atom. The fraction of sp³-hybridized carbons (Fsp3) is 0.500. The van der Waals surface area contributed by atoms with Gasteiger partial charge in [-0.1, -0.05) is 12.1 Å². The van der Waals surface area contributed by atoms with Gasteiger partial charge >= 0.3 is 0 Å². The maximum Gasteiger partial charge on any atom is 0.165 e. The first-order chi connectivity index (χ1) is 9.67. The molecule has 0 bridgehead atoms. The van der Waals surface area contributed by atoms with E-state index >= 15 is 0 Å². The second kappa shape index (κ2) is 4.24. The highest BCUT2D eigenvalue weighted by Crippen LogP contribution is 2.53. The lowest BCUT2D eigenvalue weighted by molar-refractivity contribution is 0.111. The Morgan fingerprint density at radius 1 is 1.35 bits per heavy atom. The lowest BCUT2D eigenvalue weighted by Gasteiger charge is -2.29. The van der Waals surface area contributed by atoms with E-state index in [-0.39, 0.29) is 12.0 Å². The van der Waals surface area contributed by atoms with Gasteiger partial charge in [0.1, 0.15) is 6.10 Å². The average Bonchev–Trinajstić information content (AvgIpc) is 2.70. The van der Waals surface area contributed by atoms with Crippen LogP contribution in [0.3, 0.4) is 0 Å². The first kappa shape index (κ1) is 12.2. The third kappa shape index (κ3) is 1.61. The Bertz CT molecular complexity index is 596. The molecule has 4 heteroatoms. The van der Waals surface area contributed by atoms with E-state index < -0.39 is 6.10 Å². The number of hydrogen-bond acceptors (Lipinski definition) is 4. The molecular weight excluding hydrogens is 254 g/mol. The molecule has 0 amide bonds. The normalized spacial score (nSPS) is 31.1. The van der Waals surface area contributed by atoms with Crippen LogP contribution in [0.25, 0.3) is 0 Å². The second-order valence-corrected chi connectivity index (χ2v) is 6.02. The standard InChI is InChI=1S/C16H19NO3/c1-17-7-9-3-4-12(19-2)16-15(9)14-10(8-17)5-11(18)6-13(14)20-16/h3-5,11,13-14,18H,6-8H2,1-2H3. The fourth-order valence-electron chi connectivity index (χ4n) is 3.86. The van der Waals surface area contributed by atoms with Gasteiger partial charge in [-0.05, 0) is 24.3 Å². The molecule has 0 fully saturated rings. The zero-order valence-corrected chi connectivity index (χ0v) is 11.8. The van der Waals surface area contributed by atoms with Crippen LogP contribution < -0.4 is 9.47 Å². The van der Waals surface area contributed by atoms with Crippen LogP contribution >= 0.6 is 0 Å². The molecule has 1 aliphatic carbocycles. The number of aliphatic hydroxyl groups is 1. The minimum atomic E-state index is -0.401. The van der Waals surface area contributed by atoms with Gasteiger partial charge in [0.2, 0.25) is 0 Å². The lowest BCUT2D eigenvalue weighted by Crippen LogP contribution is -2.32. The average molecular weight is 273 g/mol. The topological polar surface area (TPSA) is 41.9 Å². The van der Waals surface area contributed by atoms with Crippen LogP contribution in [0.1, 0.15) is 23.5 Å². The molecule has 4 nitrogen and oxygen atoms in total. The van der Waals surface area contributed by atoms with Crippen molar-refractivity contribution in [1.82, 2.24) is 4.90 Å². The van der Waals surface area contributed by atoms with Gasteiger partial charge in [0.15, 0.2) is 11.5 Å². The van der Waals surface area contributed by atoms with Gasteiger partial charge in [-0.2, -0.15) is 0 Å². The first-order valence-corrected chi connectivity index (χ1v) is 7.11. The van der Waals surface area contributed by atoms with Crippen molar-refractivity contribution in [2.24, 2.45) is 0 Å². The SMILES string of the molecule is COc1ccc2c3c1OC1CC(O)C=C(CN(C)C2)C31. The molecule has 2 heterocycles. The molecule has 20 heavy (non-hydrogen) atoms. The van der Waals surface area contributed by atoms with E-state index in [0.717, 1.165) is 24.6 Å². The zero-order chi connectivity index (χ0) is 13.9. The van der Waals surface area contributed by atoms with Crippen LogP contribution in [0.4, 0.5) is 0 Å². The maximum absolute atomic E-state index is 10.1. The minimum absolute atomic E-state index is 0.0431. The molecule has 1 aromatic carbocycles. The van der Waals surface area contributed by atoms with Crippen molar-refractivity contribution in [2.45, 2.75) is 31.1 Å². The van der Waals surface area contributed by atoms with Gasteiger partial charge in [0.05, 0.1) is 13.2 Å². The number of aliphatic hydroxyl groups excluding tert-OH is 1. The van der Waals surface area contributed by atoms with Crippen LogP contribution in [0, 0.1) is 0 Å². The molecule has 2 aliphatic heterocycles. The zero-order valence-electron chi connectivity index (χ0n) is 11.8. The molecule has 1 N–H and O–H groups in total. The van der Waals surface area contributed by atoms with Gasteiger partial charge in [-0.3, -0.25) is 4.90 Å². The summed E-state index contributed by atoms with van der Waals surface area (Å²) >= 11 is 0. The molecule has 0 aromatic heterocycles. The van der Waals surface area contributed by atoms with E-state index in [1.54, 1.807) is 7.11 Å². The van der Waals surface area contributed by atoms with Crippen molar-refractivity contribution in [1.29, 1.82) is 0 Å². The molecule has 3 unspecified atom stereocenters. The first-order valence-electron chi connectivity index (χ1n) is 7.11. The largest absolute Gasteiger partial charge is 0.493 e. The predicted molar refractivity (Wildman–Crippen MR) is 75.2 cm³/mol. The van der Waals surface area contributed by atoms with Crippen molar-refractivity contribution < 1.29 is 14.6 Å². The second-order valence-electron chi connectivity index (χ2n) is 6.02. The van der Waals surface area contributed by atoms with Crippen LogP contribution in [-0.2, 0) is 6.54 Å². The summed E-state index contributed by atoms with van der Waals surface area (Å²) in [5, 5.41) is 10.1. The Morgan fingerprint density at radius 3 is 3.00 bits per heavy atom. The van der Waals surface area contributed by atoms with E-state index in [1.165, 1.54) is 16.7 Å².